The second-order valence-electron chi connectivity index (χ2n) is 3.40. The predicted octanol–water partition coefficient (Wildman–Crippen LogP) is 0.299. The van der Waals surface area contributed by atoms with Gasteiger partial charge >= 0.3 is 5.97 Å². The van der Waals surface area contributed by atoms with Crippen LogP contribution >= 0.6 is 11.6 Å². The molecule has 7 heteroatoms. The monoisotopic (exact) mass is 258 g/mol. The van der Waals surface area contributed by atoms with Crippen molar-refractivity contribution in [1.29, 1.82) is 0 Å². The highest BCUT2D eigenvalue weighted by molar-refractivity contribution is 6.29. The predicted molar refractivity (Wildman–Crippen MR) is 59.8 cm³/mol. The largest absolute Gasteiger partial charge is 0.480 e. The van der Waals surface area contributed by atoms with Crippen LogP contribution in [0.25, 0.3) is 0 Å². The van der Waals surface area contributed by atoms with E-state index in [0.29, 0.717) is 0 Å². The molecule has 1 aromatic rings. The van der Waals surface area contributed by atoms with E-state index in [1.54, 1.807) is 0 Å². The first kappa shape index (κ1) is 13.4. The van der Waals surface area contributed by atoms with Gasteiger partial charge in [0.15, 0.2) is 6.04 Å². The zero-order valence-electron chi connectivity index (χ0n) is 8.92. The summed E-state index contributed by atoms with van der Waals surface area (Å²) in [5.41, 5.74) is 0.168. The lowest BCUT2D eigenvalue weighted by Gasteiger charge is -2.16. The van der Waals surface area contributed by atoms with Crippen LogP contribution in [0.15, 0.2) is 18.3 Å². The zero-order valence-corrected chi connectivity index (χ0v) is 9.68. The quantitative estimate of drug-likeness (QED) is 0.675. The molecule has 0 fully saturated rings. The molecule has 3 N–H and O–H groups in total. The Hall–Kier alpha value is -1.66. The zero-order chi connectivity index (χ0) is 13.0. The number of hydrogen-bond donors (Lipinski definition) is 3. The van der Waals surface area contributed by atoms with Gasteiger partial charge in [-0.25, -0.2) is 9.78 Å². The number of aliphatic carboxylic acids is 1. The molecule has 1 aromatic heterocycles. The summed E-state index contributed by atoms with van der Waals surface area (Å²) in [5.74, 6) is -1.95. The third kappa shape index (κ3) is 3.69. The molecular formula is C10H11ClN2O4. The number of pyridine rings is 1. The third-order valence-corrected chi connectivity index (χ3v) is 2.25. The van der Waals surface area contributed by atoms with Gasteiger partial charge in [0.1, 0.15) is 5.15 Å². The fourth-order valence-electron chi connectivity index (χ4n) is 1.12. The number of aliphatic hydroxyl groups excluding tert-OH is 1. The Labute approximate surface area is 102 Å². The van der Waals surface area contributed by atoms with Gasteiger partial charge < -0.3 is 15.5 Å². The molecule has 0 bridgehead atoms. The number of carbonyl (C=O) groups is 2. The molecule has 0 aliphatic carbocycles. The Bertz CT molecular complexity index is 419. The van der Waals surface area contributed by atoms with Crippen molar-refractivity contribution in [1.82, 2.24) is 10.3 Å². The molecule has 0 radical (unpaired) electrons. The van der Waals surface area contributed by atoms with Crippen molar-refractivity contribution in [2.75, 3.05) is 0 Å². The van der Waals surface area contributed by atoms with Crippen LogP contribution in [0.1, 0.15) is 17.3 Å². The van der Waals surface area contributed by atoms with E-state index in [-0.39, 0.29) is 10.7 Å². The highest BCUT2D eigenvalue weighted by atomic mass is 35.5. The molecule has 0 saturated carbocycles. The number of carboxylic acid groups (broad SMARTS) is 1. The van der Waals surface area contributed by atoms with Crippen LogP contribution < -0.4 is 5.32 Å². The first-order valence-corrected chi connectivity index (χ1v) is 5.13. The van der Waals surface area contributed by atoms with E-state index in [0.717, 1.165) is 0 Å². The molecular weight excluding hydrogens is 248 g/mol. The van der Waals surface area contributed by atoms with Crippen LogP contribution in [0.4, 0.5) is 0 Å². The standard InChI is InChI=1S/C10H11ClN2O4/c1-5(14)8(10(16)17)13-9(15)6-2-3-7(11)12-4-6/h2-5,8,14H,1H3,(H,13,15)(H,16,17)/t5-,8+/m1/s1. The molecule has 0 spiro atoms. The number of aliphatic hydroxyl groups is 1. The average molecular weight is 259 g/mol. The smallest absolute Gasteiger partial charge is 0.328 e. The molecule has 6 nitrogen and oxygen atoms in total. The molecule has 92 valence electrons. The SMILES string of the molecule is C[C@@H](O)[C@H](NC(=O)c1ccc(Cl)nc1)C(=O)O. The molecule has 1 rings (SSSR count). The lowest BCUT2D eigenvalue weighted by Crippen LogP contribution is -2.47. The number of rotatable bonds is 4. The fraction of sp³-hybridized carbons (Fsp3) is 0.300. The van der Waals surface area contributed by atoms with Gasteiger partial charge in [-0.05, 0) is 19.1 Å². The van der Waals surface area contributed by atoms with Gasteiger partial charge in [0.05, 0.1) is 11.7 Å². The van der Waals surface area contributed by atoms with Crippen LogP contribution in [0.5, 0.6) is 0 Å². The minimum absolute atomic E-state index is 0.168. The van der Waals surface area contributed by atoms with E-state index in [1.165, 1.54) is 25.3 Å². The van der Waals surface area contributed by atoms with E-state index in [1.807, 2.05) is 0 Å². The van der Waals surface area contributed by atoms with Gasteiger partial charge in [-0.2, -0.15) is 0 Å². The topological polar surface area (TPSA) is 99.5 Å². The number of nitrogens with zero attached hydrogens (tertiary/aromatic N) is 1. The van der Waals surface area contributed by atoms with E-state index in [4.69, 9.17) is 16.7 Å². The summed E-state index contributed by atoms with van der Waals surface area (Å²) in [6, 6.07) is 1.46. The first-order chi connectivity index (χ1) is 7.91. The molecule has 1 heterocycles. The summed E-state index contributed by atoms with van der Waals surface area (Å²) >= 11 is 5.55. The van der Waals surface area contributed by atoms with Crippen LogP contribution in [0.3, 0.4) is 0 Å². The van der Waals surface area contributed by atoms with Gasteiger partial charge in [0.25, 0.3) is 5.91 Å². The minimum atomic E-state index is -1.36. The van der Waals surface area contributed by atoms with Gasteiger partial charge in [-0.15, -0.1) is 0 Å². The van der Waals surface area contributed by atoms with E-state index < -0.39 is 24.0 Å². The molecule has 17 heavy (non-hydrogen) atoms. The lowest BCUT2D eigenvalue weighted by molar-refractivity contribution is -0.141. The molecule has 0 aliphatic rings. The van der Waals surface area contributed by atoms with Crippen molar-refractivity contribution >= 4 is 23.5 Å². The van der Waals surface area contributed by atoms with Crippen LogP contribution in [-0.2, 0) is 4.79 Å². The maximum atomic E-state index is 11.6. The normalized spacial score (nSPS) is 13.8. The number of hydrogen-bond acceptors (Lipinski definition) is 4. The van der Waals surface area contributed by atoms with Crippen molar-refractivity contribution in [3.8, 4) is 0 Å². The van der Waals surface area contributed by atoms with Crippen molar-refractivity contribution in [2.24, 2.45) is 0 Å². The van der Waals surface area contributed by atoms with Gasteiger partial charge in [0, 0.05) is 6.20 Å². The maximum Gasteiger partial charge on any atom is 0.328 e. The summed E-state index contributed by atoms with van der Waals surface area (Å²) in [6.45, 7) is 1.28. The van der Waals surface area contributed by atoms with Crippen LogP contribution in [-0.4, -0.2) is 39.2 Å². The Morgan fingerprint density at radius 1 is 1.47 bits per heavy atom. The fourth-order valence-corrected chi connectivity index (χ4v) is 1.24. The number of amides is 1. The van der Waals surface area contributed by atoms with E-state index in [9.17, 15) is 14.7 Å². The average Bonchev–Trinajstić information content (AvgIpc) is 2.25. The van der Waals surface area contributed by atoms with Gasteiger partial charge in [0.2, 0.25) is 0 Å². The second kappa shape index (κ2) is 5.60. The minimum Gasteiger partial charge on any atom is -0.480 e. The van der Waals surface area contributed by atoms with E-state index >= 15 is 0 Å². The first-order valence-electron chi connectivity index (χ1n) is 4.75. The third-order valence-electron chi connectivity index (χ3n) is 2.02. The van der Waals surface area contributed by atoms with Crippen LogP contribution in [0.2, 0.25) is 5.15 Å². The number of carboxylic acids is 1. The highest BCUT2D eigenvalue weighted by Crippen LogP contribution is 2.05. The summed E-state index contributed by atoms with van der Waals surface area (Å²) in [7, 11) is 0. The molecule has 0 unspecified atom stereocenters. The van der Waals surface area contributed by atoms with E-state index in [2.05, 4.69) is 10.3 Å². The summed E-state index contributed by atoms with van der Waals surface area (Å²) in [6.07, 6.45) is 0.0234. The molecule has 0 aromatic carbocycles. The molecule has 2 atom stereocenters. The number of nitrogens with one attached hydrogen (secondary N) is 1. The van der Waals surface area contributed by atoms with Gasteiger partial charge in [-0.3, -0.25) is 4.79 Å². The Morgan fingerprint density at radius 3 is 2.53 bits per heavy atom. The van der Waals surface area contributed by atoms with Crippen molar-refractivity contribution in [3.63, 3.8) is 0 Å². The molecule has 1 amide bonds. The molecule has 0 saturated heterocycles. The number of aromatic nitrogens is 1. The Kier molecular flexibility index (Phi) is 4.42. The van der Waals surface area contributed by atoms with Crippen molar-refractivity contribution in [2.45, 2.75) is 19.1 Å². The lowest BCUT2D eigenvalue weighted by atomic mass is 10.1. The number of halogens is 1. The Balaban J connectivity index is 2.77. The Morgan fingerprint density at radius 2 is 2.12 bits per heavy atom. The summed E-state index contributed by atoms with van der Waals surface area (Å²) in [5, 5.41) is 20.4. The number of carbonyl (C=O) groups excluding carboxylic acids is 1. The second-order valence-corrected chi connectivity index (χ2v) is 3.79. The van der Waals surface area contributed by atoms with Gasteiger partial charge in [-0.1, -0.05) is 11.6 Å². The highest BCUT2D eigenvalue weighted by Gasteiger charge is 2.25. The molecule has 0 aliphatic heterocycles. The van der Waals surface area contributed by atoms with Crippen molar-refractivity contribution in [3.05, 3.63) is 29.0 Å². The summed E-state index contributed by atoms with van der Waals surface area (Å²) < 4.78 is 0. The van der Waals surface area contributed by atoms with Crippen molar-refractivity contribution < 1.29 is 19.8 Å². The summed E-state index contributed by atoms with van der Waals surface area (Å²) in [4.78, 5) is 26.0. The maximum absolute atomic E-state index is 11.6. The van der Waals surface area contributed by atoms with Crippen LogP contribution in [0, 0.1) is 0 Å².